The largest absolute Gasteiger partial charge is 0.321 e. The van der Waals surface area contributed by atoms with E-state index in [4.69, 9.17) is 30.2 Å². The monoisotopic (exact) mass is 660 g/mol. The van der Waals surface area contributed by atoms with Crippen LogP contribution in [0.3, 0.4) is 0 Å². The van der Waals surface area contributed by atoms with Crippen LogP contribution in [0.2, 0.25) is 0 Å². The highest BCUT2D eigenvalue weighted by atomic mass is 35.7. The van der Waals surface area contributed by atoms with Gasteiger partial charge in [-0.1, -0.05) is 91.0 Å². The highest BCUT2D eigenvalue weighted by molar-refractivity contribution is 8.00. The molecule has 45 heavy (non-hydrogen) atoms. The summed E-state index contributed by atoms with van der Waals surface area (Å²) in [5, 5.41) is 8.69. The van der Waals surface area contributed by atoms with Crippen molar-refractivity contribution in [3.05, 3.63) is 168 Å². The average molecular weight is 661 g/mol. The summed E-state index contributed by atoms with van der Waals surface area (Å²) in [6.45, 7) is 0. The molecule has 5 rings (SSSR count). The van der Waals surface area contributed by atoms with Crippen LogP contribution >= 0.6 is 18.9 Å². The van der Waals surface area contributed by atoms with Gasteiger partial charge in [-0.05, 0) is 72.3 Å². The van der Waals surface area contributed by atoms with E-state index in [9.17, 15) is 9.59 Å². The van der Waals surface area contributed by atoms with E-state index in [1.165, 1.54) is 0 Å². The lowest BCUT2D eigenvalue weighted by Gasteiger charge is -2.28. The smallest absolute Gasteiger partial charge is 0.277 e. The van der Waals surface area contributed by atoms with E-state index in [2.05, 4.69) is 10.6 Å². The quantitative estimate of drug-likeness (QED) is 0.191. The lowest BCUT2D eigenvalue weighted by atomic mass is 10.2. The Kier molecular flexibility index (Phi) is 11.6. The second-order valence-corrected chi connectivity index (χ2v) is 14.1. The van der Waals surface area contributed by atoms with Crippen molar-refractivity contribution in [2.75, 3.05) is 5.32 Å². The molecule has 0 aromatic heterocycles. The third-order valence-corrected chi connectivity index (χ3v) is 11.4. The second-order valence-electron chi connectivity index (χ2n) is 9.36. The number of carbonyl (C=O) groups is 2. The number of nitrogens with one attached hydrogen (secondary N) is 2. The molecule has 2 N–H and O–H groups in total. The highest BCUT2D eigenvalue weighted by Gasteiger charge is 2.52. The molecular weight excluding hydrogens is 634 g/mol. The lowest BCUT2D eigenvalue weighted by molar-refractivity contribution is -2.00. The van der Waals surface area contributed by atoms with Gasteiger partial charge in [0.25, 0.3) is 11.8 Å². The summed E-state index contributed by atoms with van der Waals surface area (Å²) in [4.78, 5) is 27.5. The fourth-order valence-electron chi connectivity index (χ4n) is 4.60. The maximum atomic E-state index is 14.0. The van der Waals surface area contributed by atoms with Gasteiger partial charge >= 0.3 is 0 Å². The van der Waals surface area contributed by atoms with Crippen LogP contribution in [0.25, 0.3) is 0 Å². The first-order chi connectivity index (χ1) is 21.6. The first-order valence-electron chi connectivity index (χ1n) is 13.4. The number of amides is 2. The number of anilines is 1. The minimum absolute atomic E-state index is 0.00395. The average Bonchev–Trinajstić information content (AvgIpc) is 3.05. The number of hydrogen-bond acceptors (Lipinski definition) is 6. The van der Waals surface area contributed by atoms with Gasteiger partial charge < -0.3 is 10.6 Å². The van der Waals surface area contributed by atoms with Crippen molar-refractivity contribution in [3.63, 3.8) is 0 Å². The zero-order valence-corrected chi connectivity index (χ0v) is 26.0. The number of halogens is 2. The van der Waals surface area contributed by atoms with Crippen LogP contribution in [0.5, 0.6) is 0 Å². The molecule has 11 heteroatoms. The topological polar surface area (TPSA) is 150 Å². The van der Waals surface area contributed by atoms with Crippen molar-refractivity contribution in [1.82, 2.24) is 5.32 Å². The molecule has 0 aliphatic carbocycles. The summed E-state index contributed by atoms with van der Waals surface area (Å²) in [7, 11) is -7.78. The molecule has 0 radical (unpaired) electrons. The molecule has 2 amide bonds. The van der Waals surface area contributed by atoms with Gasteiger partial charge in [0.1, 0.15) is 15.9 Å². The molecule has 0 heterocycles. The number of carbonyl (C=O) groups excluding carboxylic acids is 2. The van der Waals surface area contributed by atoms with Crippen LogP contribution < -0.4 is 45.2 Å². The summed E-state index contributed by atoms with van der Waals surface area (Å²) >= 11 is 7.52. The molecule has 0 spiro atoms. The van der Waals surface area contributed by atoms with Crippen LogP contribution in [-0.2, 0) is 4.79 Å². The van der Waals surface area contributed by atoms with E-state index in [1.807, 2.05) is 115 Å². The summed E-state index contributed by atoms with van der Waals surface area (Å²) in [6, 6.07) is 47.7. The molecule has 0 aliphatic rings. The third kappa shape index (κ3) is 8.85. The molecule has 0 atom stereocenters. The van der Waals surface area contributed by atoms with Gasteiger partial charge in [-0.2, -0.15) is 0 Å². The Bertz CT molecular complexity index is 1620. The molecule has 0 aliphatic heterocycles. The summed E-state index contributed by atoms with van der Waals surface area (Å²) in [5.41, 5.74) is 1.01. The van der Waals surface area contributed by atoms with E-state index < -0.39 is 29.3 Å². The van der Waals surface area contributed by atoms with Crippen molar-refractivity contribution >= 4 is 52.3 Å². The Balaban J connectivity index is 0.000000854. The molecule has 0 bridgehead atoms. The van der Waals surface area contributed by atoms with E-state index >= 15 is 0 Å². The normalized spacial score (nSPS) is 11.8. The number of hydrogen-bond donors (Lipinski definition) is 2. The molecule has 0 unspecified atom stereocenters. The van der Waals surface area contributed by atoms with Gasteiger partial charge in [0.15, 0.2) is 13.0 Å². The third-order valence-electron chi connectivity index (χ3n) is 6.46. The minimum atomic E-state index is -4.94. The number of benzene rings is 5. The first-order valence-corrected chi connectivity index (χ1v) is 16.8. The fourth-order valence-corrected chi connectivity index (χ4v) is 9.54. The number of para-hydroxylation sites is 1. The molecular formula is C34H27Cl2N2O6P. The first kappa shape index (κ1) is 33.5. The maximum Gasteiger partial charge on any atom is 0.277 e. The Hall–Kier alpha value is -4.37. The van der Waals surface area contributed by atoms with Crippen molar-refractivity contribution in [3.8, 4) is 0 Å². The van der Waals surface area contributed by atoms with E-state index in [-0.39, 0.29) is 10.5 Å². The van der Waals surface area contributed by atoms with Crippen LogP contribution in [0.1, 0.15) is 10.4 Å². The number of rotatable bonds is 8. The van der Waals surface area contributed by atoms with Crippen LogP contribution in [0.4, 0.5) is 5.69 Å². The second kappa shape index (κ2) is 15.6. The zero-order chi connectivity index (χ0) is 32.3. The van der Waals surface area contributed by atoms with E-state index in [0.29, 0.717) is 11.3 Å². The van der Waals surface area contributed by atoms with Gasteiger partial charge in [-0.25, -0.2) is 18.6 Å². The van der Waals surface area contributed by atoms with E-state index in [0.717, 1.165) is 15.9 Å². The van der Waals surface area contributed by atoms with Gasteiger partial charge in [-0.15, -0.1) is 10.2 Å². The van der Waals surface area contributed by atoms with Gasteiger partial charge in [0.2, 0.25) is 4.77 Å². The fraction of sp³-hybridized carbons (Fsp3) is 0. The molecule has 0 fully saturated rings. The molecule has 8 nitrogen and oxygen atoms in total. The van der Waals surface area contributed by atoms with E-state index in [1.54, 1.807) is 36.4 Å². The Morgan fingerprint density at radius 3 is 1.27 bits per heavy atom. The van der Waals surface area contributed by atoms with Gasteiger partial charge in [0, 0.05) is 11.3 Å². The predicted molar refractivity (Wildman–Crippen MR) is 167 cm³/mol. The predicted octanol–water partition coefficient (Wildman–Crippen LogP) is 1.70. The standard InChI is InChI=1S/C34H26ClN2O2P.ClHO4/c35-32(31(34(39)36-27-18-8-2-9-19-27)37-33(38)26-16-6-1-7-17-26)40(28-20-10-3-11-21-28,29-22-12-4-13-23-29)30-24-14-5-15-25-30;2-1(3,4)5/h1-25H,(H-,36,37,38,39);(H,2,3,4,5)/b32-31+;. The maximum absolute atomic E-state index is 14.0. The van der Waals surface area contributed by atoms with Crippen molar-refractivity contribution in [2.45, 2.75) is 0 Å². The van der Waals surface area contributed by atoms with Crippen LogP contribution in [-0.4, -0.2) is 11.8 Å². The van der Waals surface area contributed by atoms with Crippen molar-refractivity contribution < 1.29 is 38.5 Å². The van der Waals surface area contributed by atoms with Crippen molar-refractivity contribution in [1.29, 1.82) is 0 Å². The summed E-state index contributed by atoms with van der Waals surface area (Å²) < 4.78 is 34.2. The molecule has 5 aromatic rings. The SMILES string of the molecule is O=C(Nc1ccccc1)/C(NC(=O)c1ccccc1)=C(/Cl)[P+](c1ccccc1)(c1ccccc1)c1ccccc1.[O-][Cl+3]([O-])([O-])[O-]. The highest BCUT2D eigenvalue weighted by Crippen LogP contribution is 2.64. The van der Waals surface area contributed by atoms with Crippen molar-refractivity contribution in [2.24, 2.45) is 0 Å². The zero-order valence-electron chi connectivity index (χ0n) is 23.6. The van der Waals surface area contributed by atoms with Crippen LogP contribution in [0, 0.1) is 10.2 Å². The van der Waals surface area contributed by atoms with Crippen LogP contribution in [0.15, 0.2) is 162 Å². The molecule has 0 saturated heterocycles. The summed E-state index contributed by atoms with van der Waals surface area (Å²) in [6.07, 6.45) is 0. The molecule has 0 saturated carbocycles. The Morgan fingerprint density at radius 2 is 0.889 bits per heavy atom. The van der Waals surface area contributed by atoms with Gasteiger partial charge in [0.05, 0.1) is 0 Å². The molecule has 5 aromatic carbocycles. The lowest BCUT2D eigenvalue weighted by Crippen LogP contribution is -2.68. The Morgan fingerprint density at radius 1 is 0.556 bits per heavy atom. The molecule has 228 valence electrons. The minimum Gasteiger partial charge on any atom is -0.321 e. The summed E-state index contributed by atoms with van der Waals surface area (Å²) in [5.74, 6) is -0.933. The van der Waals surface area contributed by atoms with Gasteiger partial charge in [-0.3, -0.25) is 9.59 Å². The Labute approximate surface area is 268 Å².